The predicted octanol–water partition coefficient (Wildman–Crippen LogP) is 1.11. The number of esters is 1. The molecule has 1 aromatic carbocycles. The Kier molecular flexibility index (Phi) is 5.79. The third-order valence-electron chi connectivity index (χ3n) is 4.63. The first-order chi connectivity index (χ1) is 12.9. The highest BCUT2D eigenvalue weighted by Crippen LogP contribution is 2.22. The van der Waals surface area contributed by atoms with Gasteiger partial charge < -0.3 is 10.1 Å². The minimum absolute atomic E-state index is 0.0472. The monoisotopic (exact) mass is 393 g/mol. The van der Waals surface area contributed by atoms with Crippen LogP contribution in [0.3, 0.4) is 0 Å². The van der Waals surface area contributed by atoms with E-state index in [9.17, 15) is 18.0 Å². The van der Waals surface area contributed by atoms with Crippen molar-refractivity contribution in [2.24, 2.45) is 4.99 Å². The second-order valence-corrected chi connectivity index (χ2v) is 8.35. The van der Waals surface area contributed by atoms with Crippen LogP contribution in [-0.2, 0) is 24.3 Å². The zero-order valence-corrected chi connectivity index (χ0v) is 15.9. The van der Waals surface area contributed by atoms with Crippen molar-refractivity contribution < 1.29 is 22.7 Å². The number of benzene rings is 1. The van der Waals surface area contributed by atoms with Gasteiger partial charge in [0.15, 0.2) is 6.10 Å². The van der Waals surface area contributed by atoms with Crippen LogP contribution in [0.4, 0.5) is 0 Å². The van der Waals surface area contributed by atoms with Gasteiger partial charge in [-0.25, -0.2) is 8.42 Å². The number of fused-ring (bicyclic) bond motifs is 1. The van der Waals surface area contributed by atoms with E-state index in [4.69, 9.17) is 4.74 Å². The van der Waals surface area contributed by atoms with Crippen LogP contribution >= 0.6 is 0 Å². The van der Waals surface area contributed by atoms with Crippen molar-refractivity contribution in [3.05, 3.63) is 29.8 Å². The molecule has 1 aliphatic heterocycles. The van der Waals surface area contributed by atoms with E-state index in [1.54, 1.807) is 18.2 Å². The smallest absolute Gasteiger partial charge is 0.308 e. The molecule has 1 aliphatic carbocycles. The number of sulfonamides is 1. The molecule has 1 fully saturated rings. The van der Waals surface area contributed by atoms with Gasteiger partial charge in [0.2, 0.25) is 0 Å². The molecule has 27 heavy (non-hydrogen) atoms. The molecule has 9 heteroatoms. The molecular formula is C18H23N3O5S. The first-order valence-electron chi connectivity index (χ1n) is 9.03. The Hall–Kier alpha value is -2.42. The van der Waals surface area contributed by atoms with E-state index >= 15 is 0 Å². The molecular weight excluding hydrogens is 370 g/mol. The highest BCUT2D eigenvalue weighted by molar-refractivity contribution is 7.90. The number of aliphatic imine (C=N–C) groups is 1. The molecule has 1 amide bonds. The highest BCUT2D eigenvalue weighted by atomic mass is 32.2. The lowest BCUT2D eigenvalue weighted by Crippen LogP contribution is -2.40. The average Bonchev–Trinajstić information content (AvgIpc) is 3.21. The summed E-state index contributed by atoms with van der Waals surface area (Å²) in [5.74, 6) is -0.632. The first-order valence-corrected chi connectivity index (χ1v) is 10.5. The number of amidine groups is 1. The summed E-state index contributed by atoms with van der Waals surface area (Å²) in [4.78, 5) is 28.3. The predicted molar refractivity (Wildman–Crippen MR) is 98.7 cm³/mol. The topological polar surface area (TPSA) is 114 Å². The fourth-order valence-corrected chi connectivity index (χ4v) is 4.46. The summed E-state index contributed by atoms with van der Waals surface area (Å²) >= 11 is 0. The van der Waals surface area contributed by atoms with E-state index in [1.165, 1.54) is 13.0 Å². The zero-order valence-electron chi connectivity index (χ0n) is 15.1. The van der Waals surface area contributed by atoms with Crippen LogP contribution in [0, 0.1) is 0 Å². The van der Waals surface area contributed by atoms with Gasteiger partial charge in [-0.05, 0) is 31.9 Å². The lowest BCUT2D eigenvalue weighted by Gasteiger charge is -2.17. The molecule has 8 nitrogen and oxygen atoms in total. The van der Waals surface area contributed by atoms with Crippen molar-refractivity contribution in [3.63, 3.8) is 0 Å². The Bertz CT molecular complexity index is 860. The van der Waals surface area contributed by atoms with E-state index in [-0.39, 0.29) is 35.6 Å². The molecule has 0 saturated heterocycles. The SMILES string of the molecule is CC(OC(=O)CCN=C1NS(=O)(=O)c2ccccc21)C(=O)NC1CCCC1. The van der Waals surface area contributed by atoms with Crippen LogP contribution < -0.4 is 10.0 Å². The lowest BCUT2D eigenvalue weighted by molar-refractivity contribution is -0.154. The number of carbonyl (C=O) groups excluding carboxylic acids is 2. The van der Waals surface area contributed by atoms with Crippen LogP contribution in [0.1, 0.15) is 44.6 Å². The lowest BCUT2D eigenvalue weighted by atomic mass is 10.2. The normalized spacial score (nSPS) is 20.7. The van der Waals surface area contributed by atoms with Gasteiger partial charge in [-0.2, -0.15) is 0 Å². The fourth-order valence-electron chi connectivity index (χ4n) is 3.21. The van der Waals surface area contributed by atoms with Crippen molar-refractivity contribution in [3.8, 4) is 0 Å². The zero-order chi connectivity index (χ0) is 19.4. The summed E-state index contributed by atoms with van der Waals surface area (Å²) in [5.41, 5.74) is 0.482. The van der Waals surface area contributed by atoms with Gasteiger partial charge >= 0.3 is 5.97 Å². The van der Waals surface area contributed by atoms with Gasteiger partial charge in [-0.15, -0.1) is 0 Å². The Morgan fingerprint density at radius 2 is 2.00 bits per heavy atom. The molecule has 1 saturated carbocycles. The van der Waals surface area contributed by atoms with E-state index in [1.807, 2.05) is 0 Å². The van der Waals surface area contributed by atoms with Crippen molar-refractivity contribution in [1.29, 1.82) is 0 Å². The molecule has 2 N–H and O–H groups in total. The molecule has 0 spiro atoms. The van der Waals surface area contributed by atoms with Crippen molar-refractivity contribution >= 4 is 27.7 Å². The molecule has 0 bridgehead atoms. The van der Waals surface area contributed by atoms with Gasteiger partial charge in [0, 0.05) is 11.6 Å². The second kappa shape index (κ2) is 8.08. The maximum absolute atomic E-state index is 12.0. The maximum atomic E-state index is 12.0. The third-order valence-corrected chi connectivity index (χ3v) is 6.02. The molecule has 1 aromatic rings. The second-order valence-electron chi connectivity index (χ2n) is 6.70. The van der Waals surface area contributed by atoms with Crippen molar-refractivity contribution in [2.45, 2.75) is 56.1 Å². The summed E-state index contributed by atoms with van der Waals surface area (Å²) in [6.45, 7) is 1.59. The number of carbonyl (C=O) groups is 2. The van der Waals surface area contributed by atoms with E-state index in [2.05, 4.69) is 15.0 Å². The van der Waals surface area contributed by atoms with E-state index < -0.39 is 22.1 Å². The number of amides is 1. The average molecular weight is 393 g/mol. The number of ether oxygens (including phenoxy) is 1. The highest BCUT2D eigenvalue weighted by Gasteiger charge is 2.30. The number of hydrogen-bond donors (Lipinski definition) is 2. The molecule has 3 rings (SSSR count). The number of nitrogens with one attached hydrogen (secondary N) is 2. The summed E-state index contributed by atoms with van der Waals surface area (Å²) in [6, 6.07) is 6.67. The largest absolute Gasteiger partial charge is 0.452 e. The van der Waals surface area contributed by atoms with Crippen LogP contribution in [0.2, 0.25) is 0 Å². The minimum atomic E-state index is -3.60. The van der Waals surface area contributed by atoms with Crippen LogP contribution in [0.15, 0.2) is 34.2 Å². The molecule has 1 unspecified atom stereocenters. The van der Waals surface area contributed by atoms with Gasteiger partial charge in [-0.3, -0.25) is 19.3 Å². The molecule has 146 valence electrons. The fraction of sp³-hybridized carbons (Fsp3) is 0.500. The summed E-state index contributed by atoms with van der Waals surface area (Å²) in [7, 11) is -3.60. The summed E-state index contributed by atoms with van der Waals surface area (Å²) in [5, 5.41) is 2.88. The quantitative estimate of drug-likeness (QED) is 0.703. The molecule has 1 atom stereocenters. The number of nitrogens with zero attached hydrogens (tertiary/aromatic N) is 1. The third kappa shape index (κ3) is 4.65. The summed E-state index contributed by atoms with van der Waals surface area (Å²) in [6.07, 6.45) is 3.21. The van der Waals surface area contributed by atoms with Crippen molar-refractivity contribution in [1.82, 2.24) is 10.0 Å². The minimum Gasteiger partial charge on any atom is -0.452 e. The Morgan fingerprint density at radius 1 is 1.30 bits per heavy atom. The van der Waals surface area contributed by atoms with Gasteiger partial charge in [0.25, 0.3) is 15.9 Å². The van der Waals surface area contributed by atoms with Crippen molar-refractivity contribution in [2.75, 3.05) is 6.54 Å². The van der Waals surface area contributed by atoms with Crippen LogP contribution in [0.25, 0.3) is 0 Å². The first kappa shape index (κ1) is 19.3. The maximum Gasteiger partial charge on any atom is 0.308 e. The Balaban J connectivity index is 1.49. The summed E-state index contributed by atoms with van der Waals surface area (Å²) < 4.78 is 31.5. The molecule has 0 radical (unpaired) electrons. The number of hydrogen-bond acceptors (Lipinski definition) is 6. The molecule has 0 aromatic heterocycles. The Labute approximate surface area is 158 Å². The molecule has 1 heterocycles. The standard InChI is InChI=1S/C18H23N3O5S/c1-12(18(23)20-13-6-2-3-7-13)26-16(22)10-11-19-17-14-8-4-5-9-15(14)27(24,25)21-17/h4-5,8-9,12-13H,2-3,6-7,10-11H2,1H3,(H,19,21)(H,20,23). The van der Waals surface area contributed by atoms with Crippen LogP contribution in [0.5, 0.6) is 0 Å². The van der Waals surface area contributed by atoms with Gasteiger partial charge in [0.1, 0.15) is 5.84 Å². The van der Waals surface area contributed by atoms with Gasteiger partial charge in [-0.1, -0.05) is 25.0 Å². The molecule has 2 aliphatic rings. The van der Waals surface area contributed by atoms with E-state index in [0.29, 0.717) is 5.56 Å². The van der Waals surface area contributed by atoms with Gasteiger partial charge in [0.05, 0.1) is 17.9 Å². The van der Waals surface area contributed by atoms with Crippen LogP contribution in [-0.4, -0.2) is 44.8 Å². The Morgan fingerprint density at radius 3 is 2.74 bits per heavy atom. The number of rotatable bonds is 6. The van der Waals surface area contributed by atoms with E-state index in [0.717, 1.165) is 25.7 Å².